The monoisotopic (exact) mass is 217 g/mol. The summed E-state index contributed by atoms with van der Waals surface area (Å²) in [4.78, 5) is 0. The van der Waals surface area contributed by atoms with Gasteiger partial charge >= 0.3 is 0 Å². The van der Waals surface area contributed by atoms with Crippen molar-refractivity contribution in [3.05, 3.63) is 54.6 Å². The lowest BCUT2D eigenvalue weighted by atomic mass is 10.3. The molecule has 3 nitrogen and oxygen atoms in total. The van der Waals surface area contributed by atoms with Crippen molar-refractivity contribution in [2.75, 3.05) is 12.8 Å². The first-order chi connectivity index (χ1) is 7.74. The molecule has 0 aliphatic heterocycles. The van der Waals surface area contributed by atoms with Gasteiger partial charge in [-0.25, -0.2) is 0 Å². The molecule has 0 atom stereocenters. The molecular formula is C13H15NO2. The number of methoxy groups -OCH3 is 1. The van der Waals surface area contributed by atoms with Crippen LogP contribution >= 0.6 is 0 Å². The zero-order chi connectivity index (χ0) is 11.8. The molecule has 3 N–H and O–H groups in total. The summed E-state index contributed by atoms with van der Waals surface area (Å²) < 4.78 is 4.92. The van der Waals surface area contributed by atoms with Crippen LogP contribution < -0.4 is 10.5 Å². The maximum atomic E-state index is 8.63. The molecule has 0 heterocycles. The Morgan fingerprint density at radius 3 is 1.88 bits per heavy atom. The Kier molecular flexibility index (Phi) is 4.73. The number of phenols is 1. The third-order valence-electron chi connectivity index (χ3n) is 1.90. The number of hydrogen-bond acceptors (Lipinski definition) is 3. The molecule has 0 radical (unpaired) electrons. The van der Waals surface area contributed by atoms with Gasteiger partial charge in [0.15, 0.2) is 0 Å². The van der Waals surface area contributed by atoms with Gasteiger partial charge in [-0.1, -0.05) is 30.3 Å². The average molecular weight is 217 g/mol. The Morgan fingerprint density at radius 1 is 0.938 bits per heavy atom. The Hall–Kier alpha value is -2.16. The second kappa shape index (κ2) is 6.35. The molecule has 2 aromatic carbocycles. The lowest BCUT2D eigenvalue weighted by Crippen LogP contribution is -1.89. The molecular weight excluding hydrogens is 202 g/mol. The van der Waals surface area contributed by atoms with Crippen molar-refractivity contribution in [3.63, 3.8) is 0 Å². The van der Waals surface area contributed by atoms with E-state index in [-0.39, 0.29) is 0 Å². The van der Waals surface area contributed by atoms with Crippen LogP contribution in [0.2, 0.25) is 0 Å². The summed E-state index contributed by atoms with van der Waals surface area (Å²) in [5.74, 6) is 1.06. The van der Waals surface area contributed by atoms with E-state index in [1.54, 1.807) is 37.4 Å². The van der Waals surface area contributed by atoms with Crippen molar-refractivity contribution < 1.29 is 9.84 Å². The molecule has 0 saturated carbocycles. The largest absolute Gasteiger partial charge is 0.508 e. The van der Waals surface area contributed by atoms with Gasteiger partial charge in [-0.2, -0.15) is 0 Å². The topological polar surface area (TPSA) is 55.5 Å². The summed E-state index contributed by atoms with van der Waals surface area (Å²) >= 11 is 0. The number of nitrogens with two attached hydrogens (primary N) is 1. The number of ether oxygens (including phenoxy) is 1. The third kappa shape index (κ3) is 3.92. The summed E-state index contributed by atoms with van der Waals surface area (Å²) in [6.45, 7) is 0. The SMILES string of the molecule is COc1ccccc1N.Oc1ccccc1. The predicted molar refractivity (Wildman–Crippen MR) is 65.5 cm³/mol. The highest BCUT2D eigenvalue weighted by Crippen LogP contribution is 2.18. The van der Waals surface area contributed by atoms with Crippen LogP contribution in [0.4, 0.5) is 5.69 Å². The summed E-state index contributed by atoms with van der Waals surface area (Å²) in [6, 6.07) is 16.1. The summed E-state index contributed by atoms with van der Waals surface area (Å²) in [5, 5.41) is 8.63. The first kappa shape index (κ1) is 11.9. The van der Waals surface area contributed by atoms with Crippen LogP contribution in [0.1, 0.15) is 0 Å². The van der Waals surface area contributed by atoms with Crippen molar-refractivity contribution >= 4 is 5.69 Å². The minimum absolute atomic E-state index is 0.322. The molecule has 0 unspecified atom stereocenters. The van der Waals surface area contributed by atoms with Crippen LogP contribution in [0.25, 0.3) is 0 Å². The normalized spacial score (nSPS) is 8.81. The van der Waals surface area contributed by atoms with Crippen molar-refractivity contribution in [1.29, 1.82) is 0 Å². The zero-order valence-electron chi connectivity index (χ0n) is 9.13. The van der Waals surface area contributed by atoms with Gasteiger partial charge in [0.1, 0.15) is 11.5 Å². The fraction of sp³-hybridized carbons (Fsp3) is 0.0769. The minimum Gasteiger partial charge on any atom is -0.508 e. The number of phenolic OH excluding ortho intramolecular Hbond substituents is 1. The van der Waals surface area contributed by atoms with Gasteiger partial charge in [0.2, 0.25) is 0 Å². The molecule has 0 bridgehead atoms. The Balaban J connectivity index is 0.000000165. The van der Waals surface area contributed by atoms with E-state index in [1.165, 1.54) is 0 Å². The Morgan fingerprint density at radius 2 is 1.50 bits per heavy atom. The average Bonchev–Trinajstić information content (AvgIpc) is 2.31. The van der Waals surface area contributed by atoms with Crippen molar-refractivity contribution in [2.24, 2.45) is 0 Å². The standard InChI is InChI=1S/C7H9NO.C6H6O/c1-9-7-5-3-2-4-6(7)8;7-6-4-2-1-3-5-6/h2-5H,8H2,1H3;1-5,7H. The highest BCUT2D eigenvalue weighted by molar-refractivity contribution is 5.51. The summed E-state index contributed by atoms with van der Waals surface area (Å²) in [6.07, 6.45) is 0. The quantitative estimate of drug-likeness (QED) is 0.722. The van der Waals surface area contributed by atoms with Crippen LogP contribution in [-0.4, -0.2) is 12.2 Å². The second-order valence-electron chi connectivity index (χ2n) is 3.08. The van der Waals surface area contributed by atoms with Gasteiger partial charge in [0.25, 0.3) is 0 Å². The fourth-order valence-corrected chi connectivity index (χ4v) is 1.09. The number of hydrogen-bond donors (Lipinski definition) is 2. The Labute approximate surface area is 95.1 Å². The minimum atomic E-state index is 0.322. The number of benzene rings is 2. The van der Waals surface area contributed by atoms with Crippen LogP contribution in [0, 0.1) is 0 Å². The number of para-hydroxylation sites is 3. The molecule has 0 saturated heterocycles. The highest BCUT2D eigenvalue weighted by atomic mass is 16.5. The lowest BCUT2D eigenvalue weighted by Gasteiger charge is -2.00. The van der Waals surface area contributed by atoms with Crippen molar-refractivity contribution in [2.45, 2.75) is 0 Å². The molecule has 0 spiro atoms. The molecule has 0 aliphatic carbocycles. The molecule has 2 rings (SSSR count). The number of nitrogen functional groups attached to an aromatic ring is 1. The van der Waals surface area contributed by atoms with Gasteiger partial charge < -0.3 is 15.6 Å². The van der Waals surface area contributed by atoms with E-state index in [2.05, 4.69) is 0 Å². The van der Waals surface area contributed by atoms with Crippen LogP contribution in [0.15, 0.2) is 54.6 Å². The van der Waals surface area contributed by atoms with E-state index >= 15 is 0 Å². The van der Waals surface area contributed by atoms with Gasteiger partial charge in [-0.15, -0.1) is 0 Å². The molecule has 84 valence electrons. The number of aromatic hydroxyl groups is 1. The molecule has 0 fully saturated rings. The maximum absolute atomic E-state index is 8.63. The van der Waals surface area contributed by atoms with Crippen molar-refractivity contribution in [3.8, 4) is 11.5 Å². The second-order valence-corrected chi connectivity index (χ2v) is 3.08. The van der Waals surface area contributed by atoms with Gasteiger partial charge in [0, 0.05) is 0 Å². The number of anilines is 1. The summed E-state index contributed by atoms with van der Waals surface area (Å²) in [5.41, 5.74) is 6.19. The van der Waals surface area contributed by atoms with Gasteiger partial charge in [-0.3, -0.25) is 0 Å². The molecule has 16 heavy (non-hydrogen) atoms. The Bertz CT molecular complexity index is 415. The molecule has 3 heteroatoms. The zero-order valence-corrected chi connectivity index (χ0v) is 9.13. The summed E-state index contributed by atoms with van der Waals surface area (Å²) in [7, 11) is 1.60. The van der Waals surface area contributed by atoms with E-state index in [0.717, 1.165) is 5.75 Å². The molecule has 0 amide bonds. The molecule has 0 aromatic heterocycles. The highest BCUT2D eigenvalue weighted by Gasteiger charge is 1.91. The van der Waals surface area contributed by atoms with E-state index in [0.29, 0.717) is 11.4 Å². The fourth-order valence-electron chi connectivity index (χ4n) is 1.09. The van der Waals surface area contributed by atoms with Gasteiger partial charge in [-0.05, 0) is 24.3 Å². The van der Waals surface area contributed by atoms with E-state index in [9.17, 15) is 0 Å². The van der Waals surface area contributed by atoms with Gasteiger partial charge in [0.05, 0.1) is 12.8 Å². The number of rotatable bonds is 1. The first-order valence-corrected chi connectivity index (χ1v) is 4.86. The van der Waals surface area contributed by atoms with E-state index in [1.807, 2.05) is 24.3 Å². The van der Waals surface area contributed by atoms with Crippen LogP contribution in [0.3, 0.4) is 0 Å². The smallest absolute Gasteiger partial charge is 0.141 e. The van der Waals surface area contributed by atoms with E-state index in [4.69, 9.17) is 15.6 Å². The van der Waals surface area contributed by atoms with Crippen molar-refractivity contribution in [1.82, 2.24) is 0 Å². The lowest BCUT2D eigenvalue weighted by molar-refractivity contribution is 0.417. The maximum Gasteiger partial charge on any atom is 0.141 e. The predicted octanol–water partition coefficient (Wildman–Crippen LogP) is 2.67. The van der Waals surface area contributed by atoms with Crippen LogP contribution in [-0.2, 0) is 0 Å². The molecule has 0 aliphatic rings. The van der Waals surface area contributed by atoms with Crippen LogP contribution in [0.5, 0.6) is 11.5 Å². The molecule has 2 aromatic rings. The third-order valence-corrected chi connectivity index (χ3v) is 1.90. The van der Waals surface area contributed by atoms with E-state index < -0.39 is 0 Å². The first-order valence-electron chi connectivity index (χ1n) is 4.86.